The van der Waals surface area contributed by atoms with E-state index >= 15 is 0 Å². The van der Waals surface area contributed by atoms with Gasteiger partial charge in [-0.05, 0) is 104 Å². The van der Waals surface area contributed by atoms with E-state index in [9.17, 15) is 14.4 Å². The van der Waals surface area contributed by atoms with Crippen molar-refractivity contribution in [1.29, 1.82) is 0 Å². The number of imide groups is 1. The number of nitrogens with zero attached hydrogens (tertiary/aromatic N) is 7. The Labute approximate surface area is 309 Å². The summed E-state index contributed by atoms with van der Waals surface area (Å²) < 4.78 is 0. The average Bonchev–Trinajstić information content (AvgIpc) is 3.49. The zero-order chi connectivity index (χ0) is 35.0. The van der Waals surface area contributed by atoms with Crippen molar-refractivity contribution in [2.45, 2.75) is 39.0 Å². The molecule has 6 aromatic rings. The average molecular weight is 767 g/mol. The number of aryl methyl sites for hydroxylation is 2. The molecule has 0 aliphatic carbocycles. The van der Waals surface area contributed by atoms with Gasteiger partial charge in [-0.15, -0.1) is 5.06 Å². The molecular weight excluding hydrogens is 732 g/mol. The molecular formula is C39H35N7O4Ru. The summed E-state index contributed by atoms with van der Waals surface area (Å²) in [7, 11) is 0. The minimum atomic E-state index is -0.580. The Bertz CT molecular complexity index is 1820. The van der Waals surface area contributed by atoms with Crippen LogP contribution in [0.5, 0.6) is 0 Å². The Morgan fingerprint density at radius 2 is 1.02 bits per heavy atom. The first-order chi connectivity index (χ1) is 24.5. The third kappa shape index (κ3) is 11.9. The second-order valence-corrected chi connectivity index (χ2v) is 11.0. The molecule has 1 aliphatic heterocycles. The van der Waals surface area contributed by atoms with Crippen LogP contribution in [0.3, 0.4) is 0 Å². The molecule has 258 valence electrons. The minimum Gasteiger partial charge on any atom is -0.330 e. The third-order valence-corrected chi connectivity index (χ3v) is 7.23. The summed E-state index contributed by atoms with van der Waals surface area (Å²) in [6.45, 7) is 2.00. The summed E-state index contributed by atoms with van der Waals surface area (Å²) in [6, 6.07) is 30.9. The smallest absolute Gasteiger partial charge is 0.330 e. The predicted octanol–water partition coefficient (Wildman–Crippen LogP) is 6.67. The van der Waals surface area contributed by atoms with Crippen molar-refractivity contribution in [3.8, 4) is 34.2 Å². The van der Waals surface area contributed by atoms with Gasteiger partial charge in [-0.1, -0.05) is 24.3 Å². The van der Waals surface area contributed by atoms with Crippen molar-refractivity contribution in [3.63, 3.8) is 0 Å². The van der Waals surface area contributed by atoms with Gasteiger partial charge in [-0.2, -0.15) is 0 Å². The molecule has 0 unspecified atom stereocenters. The Morgan fingerprint density at radius 3 is 1.45 bits per heavy atom. The number of carbonyl (C=O) groups is 3. The molecule has 0 N–H and O–H groups in total. The van der Waals surface area contributed by atoms with Crippen molar-refractivity contribution >= 4 is 17.8 Å². The van der Waals surface area contributed by atoms with Crippen LogP contribution >= 0.6 is 0 Å². The van der Waals surface area contributed by atoms with E-state index in [2.05, 4.69) is 29.9 Å². The molecule has 51 heavy (non-hydrogen) atoms. The monoisotopic (exact) mass is 767 g/mol. The van der Waals surface area contributed by atoms with Crippen molar-refractivity contribution in [2.24, 2.45) is 0 Å². The van der Waals surface area contributed by atoms with Crippen LogP contribution in [0.25, 0.3) is 34.2 Å². The zero-order valence-electron chi connectivity index (χ0n) is 27.9. The fraction of sp³-hybridized carbons (Fsp3) is 0.154. The molecule has 6 aromatic heterocycles. The molecule has 0 atom stereocenters. The number of pyridine rings is 6. The molecule has 7 rings (SSSR count). The minimum absolute atomic E-state index is 0. The number of aromatic nitrogens is 6. The molecule has 11 nitrogen and oxygen atoms in total. The van der Waals surface area contributed by atoms with E-state index in [-0.39, 0.29) is 38.7 Å². The van der Waals surface area contributed by atoms with Gasteiger partial charge in [0.1, 0.15) is 0 Å². The van der Waals surface area contributed by atoms with Gasteiger partial charge in [0.2, 0.25) is 0 Å². The maximum absolute atomic E-state index is 11.8. The number of hydrogen-bond donors (Lipinski definition) is 0. The van der Waals surface area contributed by atoms with E-state index in [1.807, 2.05) is 104 Å². The molecule has 0 bridgehead atoms. The first-order valence-electron chi connectivity index (χ1n) is 16.1. The molecule has 2 amide bonds. The summed E-state index contributed by atoms with van der Waals surface area (Å²) in [5.74, 6) is -1.51. The maximum Gasteiger partial charge on any atom is 0.333 e. The van der Waals surface area contributed by atoms with E-state index in [4.69, 9.17) is 4.84 Å². The topological polar surface area (TPSA) is 141 Å². The maximum atomic E-state index is 11.8. The van der Waals surface area contributed by atoms with E-state index in [0.29, 0.717) is 17.9 Å². The first-order valence-corrected chi connectivity index (χ1v) is 16.1. The van der Waals surface area contributed by atoms with Crippen LogP contribution in [0.15, 0.2) is 134 Å². The molecule has 0 spiro atoms. The Hall–Kier alpha value is -5.87. The molecule has 0 radical (unpaired) electrons. The summed E-state index contributed by atoms with van der Waals surface area (Å²) in [6.07, 6.45) is 12.0. The van der Waals surface area contributed by atoms with Crippen LogP contribution in [0.1, 0.15) is 36.8 Å². The molecule has 12 heteroatoms. The Kier molecular flexibility index (Phi) is 14.9. The first kappa shape index (κ1) is 37.9. The molecule has 7 heterocycles. The molecule has 1 fully saturated rings. The van der Waals surface area contributed by atoms with Gasteiger partial charge in [0.25, 0.3) is 11.8 Å². The van der Waals surface area contributed by atoms with Crippen LogP contribution in [-0.4, -0.2) is 52.8 Å². The quantitative estimate of drug-likeness (QED) is 0.122. The zero-order valence-corrected chi connectivity index (χ0v) is 29.6. The van der Waals surface area contributed by atoms with E-state index < -0.39 is 17.8 Å². The number of hydroxylamine groups is 2. The second-order valence-electron chi connectivity index (χ2n) is 11.0. The van der Waals surface area contributed by atoms with Crippen molar-refractivity contribution < 1.29 is 38.7 Å². The van der Waals surface area contributed by atoms with Crippen LogP contribution in [0.4, 0.5) is 0 Å². The number of carbonyl (C=O) groups excluding carboxylic acids is 3. The number of hydrogen-bond acceptors (Lipinski definition) is 10. The van der Waals surface area contributed by atoms with Gasteiger partial charge >= 0.3 is 5.97 Å². The van der Waals surface area contributed by atoms with E-state index in [0.717, 1.165) is 45.3 Å². The predicted molar refractivity (Wildman–Crippen MR) is 187 cm³/mol. The number of amides is 2. The largest absolute Gasteiger partial charge is 0.333 e. The van der Waals surface area contributed by atoms with Crippen molar-refractivity contribution in [2.75, 3.05) is 0 Å². The summed E-state index contributed by atoms with van der Waals surface area (Å²) in [4.78, 5) is 64.9. The van der Waals surface area contributed by atoms with Gasteiger partial charge in [0, 0.05) is 75.9 Å². The fourth-order valence-corrected chi connectivity index (χ4v) is 4.75. The standard InChI is InChI=1S/C19H19N3O4.2C10H8N2.Ru/c1-13-7-9-20-15(11-13)16-12-14(8-10-21-16)3-2-4-19(25)26-22-17(23)5-6-18(22)24;2*1-3-7-11-9(5-1)10-6-2-4-8-12-10;/h7-12H,2-6H2,1H3;2*1-8H;. The third-order valence-electron chi connectivity index (χ3n) is 7.23. The van der Waals surface area contributed by atoms with Crippen LogP contribution in [-0.2, 0) is 45.1 Å². The molecule has 0 saturated carbocycles. The normalized spacial score (nSPS) is 11.7. The SMILES string of the molecule is Cc1ccnc(-c2cc(CCCC(=O)ON3C(=O)CCC3=O)ccn2)c1.[Ru].c1ccc(-c2ccccn2)nc1.c1ccc(-c2ccccn2)nc1. The van der Waals surface area contributed by atoms with Gasteiger partial charge in [0.05, 0.1) is 34.2 Å². The Balaban J connectivity index is 0.000000193. The van der Waals surface area contributed by atoms with Gasteiger partial charge < -0.3 is 4.84 Å². The van der Waals surface area contributed by atoms with Gasteiger partial charge in [-0.3, -0.25) is 39.5 Å². The fourth-order valence-electron chi connectivity index (χ4n) is 4.75. The molecule has 0 aromatic carbocycles. The molecule has 1 aliphatic rings. The van der Waals surface area contributed by atoms with Crippen molar-refractivity contribution in [3.05, 3.63) is 145 Å². The molecule has 1 saturated heterocycles. The Morgan fingerprint density at radius 1 is 0.588 bits per heavy atom. The van der Waals surface area contributed by atoms with Crippen LogP contribution in [0, 0.1) is 6.92 Å². The van der Waals surface area contributed by atoms with Crippen LogP contribution < -0.4 is 0 Å². The number of rotatable bonds is 8. The summed E-state index contributed by atoms with van der Waals surface area (Å²) in [5.41, 5.74) is 7.38. The summed E-state index contributed by atoms with van der Waals surface area (Å²) >= 11 is 0. The van der Waals surface area contributed by atoms with Gasteiger partial charge in [-0.25, -0.2) is 4.79 Å². The van der Waals surface area contributed by atoms with Crippen LogP contribution in [0.2, 0.25) is 0 Å². The van der Waals surface area contributed by atoms with Gasteiger partial charge in [0.15, 0.2) is 0 Å². The summed E-state index contributed by atoms with van der Waals surface area (Å²) in [5, 5.41) is 0.580. The van der Waals surface area contributed by atoms with Crippen molar-refractivity contribution in [1.82, 2.24) is 35.0 Å². The van der Waals surface area contributed by atoms with E-state index in [1.165, 1.54) is 0 Å². The second kappa shape index (κ2) is 20.0. The van der Waals surface area contributed by atoms with E-state index in [1.54, 1.807) is 37.2 Å².